The topological polar surface area (TPSA) is 12.0 Å². The van der Waals surface area contributed by atoms with Crippen LogP contribution in [0.5, 0.6) is 0 Å². The van der Waals surface area contributed by atoms with Gasteiger partial charge in [0.25, 0.3) is 0 Å². The third-order valence-electron chi connectivity index (χ3n) is 2.75. The van der Waals surface area contributed by atoms with Gasteiger partial charge in [-0.25, -0.2) is 0 Å². The minimum Gasteiger partial charge on any atom is -0.319 e. The van der Waals surface area contributed by atoms with Crippen LogP contribution in [0.25, 0.3) is 0 Å². The molecule has 3 heteroatoms. The van der Waals surface area contributed by atoms with E-state index in [1.54, 1.807) is 0 Å². The Labute approximate surface area is 94.4 Å². The van der Waals surface area contributed by atoms with Gasteiger partial charge in [-0.3, -0.25) is 0 Å². The quantitative estimate of drug-likeness (QED) is 0.839. The predicted molar refractivity (Wildman–Crippen MR) is 61.2 cm³/mol. The molecule has 0 aromatic heterocycles. The van der Waals surface area contributed by atoms with Crippen molar-refractivity contribution in [2.75, 3.05) is 13.6 Å². The van der Waals surface area contributed by atoms with Crippen LogP contribution in [0.4, 0.5) is 0 Å². The number of rotatable bonds is 3. The van der Waals surface area contributed by atoms with Crippen molar-refractivity contribution in [3.63, 3.8) is 0 Å². The van der Waals surface area contributed by atoms with Crippen molar-refractivity contribution >= 4 is 23.2 Å². The van der Waals surface area contributed by atoms with Gasteiger partial charge < -0.3 is 5.32 Å². The molecule has 0 saturated heterocycles. The maximum atomic E-state index is 6.12. The lowest BCUT2D eigenvalue weighted by Crippen LogP contribution is -2.10. The molecule has 14 heavy (non-hydrogen) atoms. The first-order chi connectivity index (χ1) is 6.72. The molecule has 1 nitrogen and oxygen atoms in total. The van der Waals surface area contributed by atoms with Crippen molar-refractivity contribution < 1.29 is 0 Å². The highest BCUT2D eigenvalue weighted by Gasteiger charge is 2.38. The zero-order valence-corrected chi connectivity index (χ0v) is 9.57. The van der Waals surface area contributed by atoms with E-state index in [2.05, 4.69) is 5.32 Å². The zero-order chi connectivity index (χ0) is 10.1. The van der Waals surface area contributed by atoms with Crippen LogP contribution in [-0.2, 0) is 0 Å². The van der Waals surface area contributed by atoms with Crippen LogP contribution in [0.1, 0.15) is 17.9 Å². The first-order valence-electron chi connectivity index (χ1n) is 4.82. The average Bonchev–Trinajstić information content (AvgIpc) is 2.89. The Bertz CT molecular complexity index is 338. The molecule has 0 unspecified atom stereocenters. The van der Waals surface area contributed by atoms with Gasteiger partial charge >= 0.3 is 0 Å². The second kappa shape index (κ2) is 4.09. The SMILES string of the molecule is CNC[C@@H]1C[C@H]1c1cc(Cl)ccc1Cl. The van der Waals surface area contributed by atoms with E-state index in [0.717, 1.165) is 22.5 Å². The summed E-state index contributed by atoms with van der Waals surface area (Å²) in [5.41, 5.74) is 1.21. The summed E-state index contributed by atoms with van der Waals surface area (Å²) >= 11 is 12.1. The summed E-state index contributed by atoms with van der Waals surface area (Å²) in [5.74, 6) is 1.34. The lowest BCUT2D eigenvalue weighted by atomic mass is 10.1. The number of benzene rings is 1. The summed E-state index contributed by atoms with van der Waals surface area (Å²) < 4.78 is 0. The molecule has 1 aromatic carbocycles. The Morgan fingerprint density at radius 2 is 2.21 bits per heavy atom. The summed E-state index contributed by atoms with van der Waals surface area (Å²) in [6.45, 7) is 1.06. The molecule has 0 bridgehead atoms. The molecule has 0 radical (unpaired) electrons. The normalized spacial score (nSPS) is 25.1. The molecule has 1 fully saturated rings. The maximum absolute atomic E-state index is 6.12. The van der Waals surface area contributed by atoms with Crippen LogP contribution in [0, 0.1) is 5.92 Å². The van der Waals surface area contributed by atoms with Crippen molar-refractivity contribution in [3.05, 3.63) is 33.8 Å². The Hall–Kier alpha value is -0.240. The van der Waals surface area contributed by atoms with E-state index in [1.165, 1.54) is 12.0 Å². The van der Waals surface area contributed by atoms with Crippen LogP contribution in [-0.4, -0.2) is 13.6 Å². The van der Waals surface area contributed by atoms with Gasteiger partial charge in [-0.1, -0.05) is 23.2 Å². The van der Waals surface area contributed by atoms with Crippen LogP contribution < -0.4 is 5.32 Å². The summed E-state index contributed by atoms with van der Waals surface area (Å²) in [6.07, 6.45) is 1.22. The average molecular weight is 230 g/mol. The van der Waals surface area contributed by atoms with Gasteiger partial charge in [0.1, 0.15) is 0 Å². The highest BCUT2D eigenvalue weighted by Crippen LogP contribution is 2.49. The zero-order valence-electron chi connectivity index (χ0n) is 8.06. The standard InChI is InChI=1S/C11H13Cl2N/c1-14-6-7-4-9(7)10-5-8(12)2-3-11(10)13/h2-3,5,7,9,14H,4,6H2,1H3/t7-,9+/m0/s1. The fraction of sp³-hybridized carbons (Fsp3) is 0.455. The number of halogens is 2. The lowest BCUT2D eigenvalue weighted by molar-refractivity contribution is 0.698. The van der Waals surface area contributed by atoms with Crippen LogP contribution in [0.3, 0.4) is 0 Å². The largest absolute Gasteiger partial charge is 0.319 e. The summed E-state index contributed by atoms with van der Waals surface area (Å²) in [6, 6.07) is 5.71. The molecule has 2 rings (SSSR count). The Kier molecular flexibility index (Phi) is 3.01. The molecule has 1 saturated carbocycles. The highest BCUT2D eigenvalue weighted by atomic mass is 35.5. The molecule has 0 amide bonds. The van der Waals surface area contributed by atoms with Crippen molar-refractivity contribution in [1.29, 1.82) is 0 Å². The second-order valence-corrected chi connectivity index (χ2v) is 4.67. The van der Waals surface area contributed by atoms with E-state index >= 15 is 0 Å². The lowest BCUT2D eigenvalue weighted by Gasteiger charge is -2.04. The van der Waals surface area contributed by atoms with Gasteiger partial charge in [0.2, 0.25) is 0 Å². The fourth-order valence-corrected chi connectivity index (χ4v) is 2.35. The van der Waals surface area contributed by atoms with Crippen LogP contribution >= 0.6 is 23.2 Å². The molecule has 2 atom stereocenters. The van der Waals surface area contributed by atoms with E-state index in [0.29, 0.717) is 5.92 Å². The maximum Gasteiger partial charge on any atom is 0.0441 e. The summed E-state index contributed by atoms with van der Waals surface area (Å²) in [4.78, 5) is 0. The van der Waals surface area contributed by atoms with Crippen LogP contribution in [0.15, 0.2) is 18.2 Å². The number of hydrogen-bond donors (Lipinski definition) is 1. The summed E-state index contributed by atoms with van der Waals surface area (Å²) in [7, 11) is 1.98. The van der Waals surface area contributed by atoms with Crippen molar-refractivity contribution in [1.82, 2.24) is 5.32 Å². The highest BCUT2D eigenvalue weighted by molar-refractivity contribution is 6.33. The molecule has 1 aliphatic carbocycles. The van der Waals surface area contributed by atoms with Gasteiger partial charge in [-0.2, -0.15) is 0 Å². The number of nitrogens with one attached hydrogen (secondary N) is 1. The van der Waals surface area contributed by atoms with E-state index < -0.39 is 0 Å². The van der Waals surface area contributed by atoms with E-state index in [1.807, 2.05) is 25.2 Å². The van der Waals surface area contributed by atoms with Crippen molar-refractivity contribution in [2.45, 2.75) is 12.3 Å². The molecule has 1 aliphatic rings. The van der Waals surface area contributed by atoms with Gasteiger partial charge in [-0.05, 0) is 55.6 Å². The van der Waals surface area contributed by atoms with E-state index in [4.69, 9.17) is 23.2 Å². The van der Waals surface area contributed by atoms with E-state index in [-0.39, 0.29) is 0 Å². The van der Waals surface area contributed by atoms with E-state index in [9.17, 15) is 0 Å². The molecule has 0 aliphatic heterocycles. The van der Waals surface area contributed by atoms with Crippen molar-refractivity contribution in [3.8, 4) is 0 Å². The third-order valence-corrected chi connectivity index (χ3v) is 3.33. The number of hydrogen-bond acceptors (Lipinski definition) is 1. The Balaban J connectivity index is 2.14. The van der Waals surface area contributed by atoms with Gasteiger partial charge in [-0.15, -0.1) is 0 Å². The molecule has 1 aromatic rings. The molecule has 76 valence electrons. The van der Waals surface area contributed by atoms with Crippen molar-refractivity contribution in [2.24, 2.45) is 5.92 Å². The van der Waals surface area contributed by atoms with Gasteiger partial charge in [0, 0.05) is 10.0 Å². The first-order valence-corrected chi connectivity index (χ1v) is 5.57. The van der Waals surface area contributed by atoms with Gasteiger partial charge in [0.15, 0.2) is 0 Å². The van der Waals surface area contributed by atoms with Crippen LogP contribution in [0.2, 0.25) is 10.0 Å². The molecule has 0 heterocycles. The minimum atomic E-state index is 0.605. The molecule has 0 spiro atoms. The second-order valence-electron chi connectivity index (χ2n) is 3.83. The third kappa shape index (κ3) is 2.05. The Morgan fingerprint density at radius 3 is 2.93 bits per heavy atom. The summed E-state index contributed by atoms with van der Waals surface area (Å²) in [5, 5.41) is 4.81. The molecule has 1 N–H and O–H groups in total. The minimum absolute atomic E-state index is 0.605. The predicted octanol–water partition coefficient (Wildman–Crippen LogP) is 3.32. The molecular formula is C11H13Cl2N. The monoisotopic (exact) mass is 229 g/mol. The smallest absolute Gasteiger partial charge is 0.0441 e. The fourth-order valence-electron chi connectivity index (χ4n) is 1.92. The first kappa shape index (κ1) is 10.3. The Morgan fingerprint density at radius 1 is 1.43 bits per heavy atom. The molecular weight excluding hydrogens is 217 g/mol. The van der Waals surface area contributed by atoms with Gasteiger partial charge in [0.05, 0.1) is 0 Å².